The molecular formula is C2H6ClNO4S2. The molecule has 0 saturated carbocycles. The summed E-state index contributed by atoms with van der Waals surface area (Å²) in [6, 6.07) is 0. The molecule has 5 nitrogen and oxygen atoms in total. The van der Waals surface area contributed by atoms with Gasteiger partial charge in [-0.25, -0.2) is 8.42 Å². The largest absolute Gasteiger partial charge is 0.312 e. The van der Waals surface area contributed by atoms with Gasteiger partial charge in [0.1, 0.15) is 0 Å². The van der Waals surface area contributed by atoms with E-state index in [1.807, 2.05) is 0 Å². The summed E-state index contributed by atoms with van der Waals surface area (Å²) in [5.41, 5.74) is 0. The standard InChI is InChI=1S/C2H6ClNO4S2/c1-4(9(2,5)6)10(3,7)8/h1-2H3. The molecule has 0 rings (SSSR count). The second kappa shape index (κ2) is 2.65. The molecule has 62 valence electrons. The highest BCUT2D eigenvalue weighted by Crippen LogP contribution is 2.06. The van der Waals surface area contributed by atoms with Gasteiger partial charge in [-0.3, -0.25) is 0 Å². The van der Waals surface area contributed by atoms with Crippen LogP contribution in [0.4, 0.5) is 0 Å². The third kappa shape index (κ3) is 2.82. The predicted molar refractivity (Wildman–Crippen MR) is 37.4 cm³/mol. The first-order valence-corrected chi connectivity index (χ1v) is 6.16. The molecule has 0 aromatic rings. The number of hydrogen-bond acceptors (Lipinski definition) is 4. The van der Waals surface area contributed by atoms with E-state index < -0.39 is 19.3 Å². The molecular weight excluding hydrogens is 202 g/mol. The summed E-state index contributed by atoms with van der Waals surface area (Å²) >= 11 is 0. The van der Waals surface area contributed by atoms with Crippen LogP contribution in [-0.2, 0) is 19.3 Å². The molecule has 0 amide bonds. The molecule has 0 heterocycles. The van der Waals surface area contributed by atoms with Crippen molar-refractivity contribution in [2.24, 2.45) is 0 Å². The summed E-state index contributed by atoms with van der Waals surface area (Å²) in [5.74, 6) is 0. The summed E-state index contributed by atoms with van der Waals surface area (Å²) in [7, 11) is -2.34. The minimum Gasteiger partial charge on any atom is -0.211 e. The van der Waals surface area contributed by atoms with Crippen molar-refractivity contribution in [1.82, 2.24) is 3.71 Å². The second-order valence-corrected chi connectivity index (χ2v) is 6.37. The topological polar surface area (TPSA) is 71.5 Å². The zero-order valence-electron chi connectivity index (χ0n) is 5.27. The molecule has 0 spiro atoms. The van der Waals surface area contributed by atoms with Crippen molar-refractivity contribution in [1.29, 1.82) is 0 Å². The van der Waals surface area contributed by atoms with Gasteiger partial charge in [0, 0.05) is 17.7 Å². The maximum Gasteiger partial charge on any atom is 0.312 e. The van der Waals surface area contributed by atoms with Crippen LogP contribution in [0.3, 0.4) is 0 Å². The third-order valence-corrected chi connectivity index (χ3v) is 4.59. The van der Waals surface area contributed by atoms with Gasteiger partial charge in [-0.2, -0.15) is 8.42 Å². The van der Waals surface area contributed by atoms with Crippen LogP contribution in [0.1, 0.15) is 0 Å². The lowest BCUT2D eigenvalue weighted by atomic mass is 11.6. The molecule has 0 bridgehead atoms. The molecule has 8 heteroatoms. The van der Waals surface area contributed by atoms with Crippen molar-refractivity contribution >= 4 is 29.9 Å². The molecule has 0 aliphatic carbocycles. The van der Waals surface area contributed by atoms with Gasteiger partial charge in [-0.1, -0.05) is 3.71 Å². The molecule has 0 aromatic heterocycles. The van der Waals surface area contributed by atoms with Gasteiger partial charge < -0.3 is 0 Å². The highest BCUT2D eigenvalue weighted by Gasteiger charge is 2.23. The zero-order chi connectivity index (χ0) is 8.58. The zero-order valence-corrected chi connectivity index (χ0v) is 7.66. The first-order valence-electron chi connectivity index (χ1n) is 2.04. The number of rotatable bonds is 2. The van der Waals surface area contributed by atoms with E-state index in [2.05, 4.69) is 10.7 Å². The first kappa shape index (κ1) is 10.2. The lowest BCUT2D eigenvalue weighted by molar-refractivity contribution is 0.540. The van der Waals surface area contributed by atoms with Crippen LogP contribution in [0.25, 0.3) is 0 Å². The van der Waals surface area contributed by atoms with Gasteiger partial charge in [0.05, 0.1) is 6.26 Å². The number of nitrogens with zero attached hydrogens (tertiary/aromatic N) is 1. The summed E-state index contributed by atoms with van der Waals surface area (Å²) < 4.78 is 41.5. The predicted octanol–water partition coefficient (Wildman–Crippen LogP) is -0.639. The van der Waals surface area contributed by atoms with Crippen molar-refractivity contribution in [3.05, 3.63) is 0 Å². The van der Waals surface area contributed by atoms with Crippen molar-refractivity contribution in [3.63, 3.8) is 0 Å². The fraction of sp³-hybridized carbons (Fsp3) is 1.00. The maximum absolute atomic E-state index is 10.4. The van der Waals surface area contributed by atoms with E-state index in [0.29, 0.717) is 0 Å². The number of hydrogen-bond donors (Lipinski definition) is 0. The van der Waals surface area contributed by atoms with E-state index in [-0.39, 0.29) is 3.71 Å². The molecule has 0 N–H and O–H groups in total. The van der Waals surface area contributed by atoms with Crippen LogP contribution in [0.2, 0.25) is 0 Å². The Morgan fingerprint density at radius 1 is 1.20 bits per heavy atom. The summed E-state index contributed by atoms with van der Waals surface area (Å²) in [5, 5.41) is 0. The minimum absolute atomic E-state index is 0.0849. The highest BCUT2D eigenvalue weighted by molar-refractivity contribution is 8.18. The van der Waals surface area contributed by atoms with Crippen LogP contribution >= 0.6 is 10.7 Å². The van der Waals surface area contributed by atoms with Crippen molar-refractivity contribution in [2.45, 2.75) is 0 Å². The highest BCUT2D eigenvalue weighted by atomic mass is 35.7. The molecule has 0 aliphatic rings. The monoisotopic (exact) mass is 207 g/mol. The third-order valence-electron chi connectivity index (χ3n) is 0.774. The van der Waals surface area contributed by atoms with Crippen molar-refractivity contribution in [2.75, 3.05) is 13.3 Å². The van der Waals surface area contributed by atoms with Crippen LogP contribution in [0, 0.1) is 0 Å². The van der Waals surface area contributed by atoms with E-state index in [1.165, 1.54) is 0 Å². The Bertz CT molecular complexity index is 270. The Balaban J connectivity index is 4.94. The van der Waals surface area contributed by atoms with Crippen molar-refractivity contribution < 1.29 is 16.8 Å². The Morgan fingerprint density at radius 2 is 1.50 bits per heavy atom. The first-order chi connectivity index (χ1) is 4.15. The van der Waals surface area contributed by atoms with Gasteiger partial charge in [0.15, 0.2) is 0 Å². The van der Waals surface area contributed by atoms with E-state index in [1.54, 1.807) is 0 Å². The van der Waals surface area contributed by atoms with Crippen LogP contribution in [0.5, 0.6) is 0 Å². The molecule has 10 heavy (non-hydrogen) atoms. The lowest BCUT2D eigenvalue weighted by Crippen LogP contribution is -2.28. The second-order valence-electron chi connectivity index (χ2n) is 1.58. The number of halogens is 1. The van der Waals surface area contributed by atoms with E-state index >= 15 is 0 Å². The molecule has 0 unspecified atom stereocenters. The van der Waals surface area contributed by atoms with Gasteiger partial charge in [0.25, 0.3) is 0 Å². The Hall–Kier alpha value is 0.150. The fourth-order valence-electron chi connectivity index (χ4n) is 0.162. The summed E-state index contributed by atoms with van der Waals surface area (Å²) in [4.78, 5) is 0. The minimum atomic E-state index is -4.14. The molecule has 0 saturated heterocycles. The van der Waals surface area contributed by atoms with Gasteiger partial charge >= 0.3 is 9.24 Å². The molecule has 0 radical (unpaired) electrons. The number of sulfonamides is 1. The van der Waals surface area contributed by atoms with Crippen LogP contribution in [0.15, 0.2) is 0 Å². The molecule has 0 aliphatic heterocycles. The van der Waals surface area contributed by atoms with E-state index in [0.717, 1.165) is 13.3 Å². The SMILES string of the molecule is CN(S(C)(=O)=O)S(=O)(=O)Cl. The van der Waals surface area contributed by atoms with Crippen molar-refractivity contribution in [3.8, 4) is 0 Å². The van der Waals surface area contributed by atoms with Crippen LogP contribution in [-0.4, -0.2) is 33.8 Å². The average molecular weight is 208 g/mol. The van der Waals surface area contributed by atoms with Gasteiger partial charge in [-0.05, 0) is 0 Å². The van der Waals surface area contributed by atoms with Gasteiger partial charge in [-0.15, -0.1) is 0 Å². The average Bonchev–Trinajstić information content (AvgIpc) is 1.59. The molecule has 0 aromatic carbocycles. The van der Waals surface area contributed by atoms with Gasteiger partial charge in [0.2, 0.25) is 10.0 Å². The fourth-order valence-corrected chi connectivity index (χ4v) is 2.38. The van der Waals surface area contributed by atoms with Crippen LogP contribution < -0.4 is 0 Å². The van der Waals surface area contributed by atoms with E-state index in [9.17, 15) is 16.8 Å². The molecule has 0 fully saturated rings. The summed E-state index contributed by atoms with van der Waals surface area (Å²) in [6.45, 7) is 0. The maximum atomic E-state index is 10.4. The quantitative estimate of drug-likeness (QED) is 0.565. The normalized spacial score (nSPS) is 14.0. The smallest absolute Gasteiger partial charge is 0.211 e. The summed E-state index contributed by atoms with van der Waals surface area (Å²) in [6.07, 6.45) is 0.743. The van der Waals surface area contributed by atoms with E-state index in [4.69, 9.17) is 0 Å². The molecule has 0 atom stereocenters. The Morgan fingerprint density at radius 3 is 1.50 bits per heavy atom. The lowest BCUT2D eigenvalue weighted by Gasteiger charge is -2.07. The Kier molecular flexibility index (Phi) is 2.69. The Labute approximate surface area is 64.2 Å².